The van der Waals surface area contributed by atoms with Crippen LogP contribution in [0.25, 0.3) is 11.1 Å². The Labute approximate surface area is 109 Å². The van der Waals surface area contributed by atoms with Gasteiger partial charge in [0.05, 0.1) is 0 Å². The standard InChI is InChI=1S/C16H20N2/c1-11(17)10-14-4-6-15(7-5-14)16-8-9-18-13(3)12(16)2/h4-9,11H,10,17H2,1-3H3/t11-/m1/s1. The summed E-state index contributed by atoms with van der Waals surface area (Å²) in [5, 5.41) is 0. The van der Waals surface area contributed by atoms with E-state index in [4.69, 9.17) is 5.73 Å². The fourth-order valence-corrected chi connectivity index (χ4v) is 2.15. The zero-order chi connectivity index (χ0) is 13.1. The van der Waals surface area contributed by atoms with Gasteiger partial charge >= 0.3 is 0 Å². The number of hydrogen-bond acceptors (Lipinski definition) is 2. The zero-order valence-electron chi connectivity index (χ0n) is 11.3. The highest BCUT2D eigenvalue weighted by molar-refractivity contribution is 5.67. The molecule has 2 aromatic rings. The predicted molar refractivity (Wildman–Crippen MR) is 76.5 cm³/mol. The lowest BCUT2D eigenvalue weighted by Gasteiger charge is -2.10. The SMILES string of the molecule is Cc1nccc(-c2ccc(C[C@@H](C)N)cc2)c1C. The van der Waals surface area contributed by atoms with Crippen molar-refractivity contribution in [2.75, 3.05) is 0 Å². The van der Waals surface area contributed by atoms with E-state index in [1.54, 1.807) is 0 Å². The molecule has 0 saturated heterocycles. The highest BCUT2D eigenvalue weighted by Crippen LogP contribution is 2.24. The molecule has 0 radical (unpaired) electrons. The van der Waals surface area contributed by atoms with Gasteiger partial charge in [-0.15, -0.1) is 0 Å². The van der Waals surface area contributed by atoms with E-state index >= 15 is 0 Å². The number of aryl methyl sites for hydroxylation is 1. The summed E-state index contributed by atoms with van der Waals surface area (Å²) < 4.78 is 0. The lowest BCUT2D eigenvalue weighted by molar-refractivity contribution is 0.738. The Kier molecular flexibility index (Phi) is 3.78. The Bertz CT molecular complexity index is 527. The maximum atomic E-state index is 5.81. The van der Waals surface area contributed by atoms with Crippen LogP contribution in [0.15, 0.2) is 36.5 Å². The van der Waals surface area contributed by atoms with Gasteiger partial charge < -0.3 is 5.73 Å². The van der Waals surface area contributed by atoms with Crippen LogP contribution < -0.4 is 5.73 Å². The molecule has 2 N–H and O–H groups in total. The first kappa shape index (κ1) is 12.8. The van der Waals surface area contributed by atoms with Crippen molar-refractivity contribution in [1.82, 2.24) is 4.98 Å². The topological polar surface area (TPSA) is 38.9 Å². The van der Waals surface area contributed by atoms with Gasteiger partial charge in [0.1, 0.15) is 0 Å². The van der Waals surface area contributed by atoms with Gasteiger partial charge in [0.15, 0.2) is 0 Å². The van der Waals surface area contributed by atoms with Gasteiger partial charge in [-0.05, 0) is 55.5 Å². The molecular weight excluding hydrogens is 220 g/mol. The largest absolute Gasteiger partial charge is 0.328 e. The first-order valence-electron chi connectivity index (χ1n) is 6.35. The van der Waals surface area contributed by atoms with Crippen LogP contribution >= 0.6 is 0 Å². The molecule has 0 aliphatic carbocycles. The van der Waals surface area contributed by atoms with Crippen molar-refractivity contribution >= 4 is 0 Å². The Hall–Kier alpha value is -1.67. The number of pyridine rings is 1. The second-order valence-electron chi connectivity index (χ2n) is 4.95. The molecule has 0 bridgehead atoms. The van der Waals surface area contributed by atoms with E-state index < -0.39 is 0 Å². The average molecular weight is 240 g/mol. The average Bonchev–Trinajstić information content (AvgIpc) is 2.33. The highest BCUT2D eigenvalue weighted by Gasteiger charge is 2.05. The molecular formula is C16H20N2. The van der Waals surface area contributed by atoms with Gasteiger partial charge in [-0.1, -0.05) is 24.3 Å². The number of rotatable bonds is 3. The second kappa shape index (κ2) is 5.32. The lowest BCUT2D eigenvalue weighted by Crippen LogP contribution is -2.17. The monoisotopic (exact) mass is 240 g/mol. The molecule has 1 aromatic heterocycles. The third kappa shape index (κ3) is 2.77. The Morgan fingerprint density at radius 2 is 1.78 bits per heavy atom. The second-order valence-corrected chi connectivity index (χ2v) is 4.95. The van der Waals surface area contributed by atoms with E-state index in [1.807, 2.05) is 20.0 Å². The van der Waals surface area contributed by atoms with Crippen LogP contribution in [0.5, 0.6) is 0 Å². The minimum atomic E-state index is 0.209. The van der Waals surface area contributed by atoms with Crippen molar-refractivity contribution in [3.63, 3.8) is 0 Å². The van der Waals surface area contributed by atoms with Gasteiger partial charge in [-0.3, -0.25) is 4.98 Å². The first-order valence-corrected chi connectivity index (χ1v) is 6.35. The number of nitrogens with two attached hydrogens (primary N) is 1. The molecule has 2 rings (SSSR count). The van der Waals surface area contributed by atoms with Crippen LogP contribution in [-0.2, 0) is 6.42 Å². The molecule has 1 heterocycles. The fraction of sp³-hybridized carbons (Fsp3) is 0.312. The summed E-state index contributed by atoms with van der Waals surface area (Å²) in [6.07, 6.45) is 2.79. The molecule has 18 heavy (non-hydrogen) atoms. The maximum Gasteiger partial charge on any atom is 0.0407 e. The van der Waals surface area contributed by atoms with Gasteiger partial charge in [0.25, 0.3) is 0 Å². The fourth-order valence-electron chi connectivity index (χ4n) is 2.15. The third-order valence-electron chi connectivity index (χ3n) is 3.28. The zero-order valence-corrected chi connectivity index (χ0v) is 11.3. The van der Waals surface area contributed by atoms with Crippen molar-refractivity contribution in [1.29, 1.82) is 0 Å². The molecule has 0 aliphatic rings. The van der Waals surface area contributed by atoms with Gasteiger partial charge in [-0.25, -0.2) is 0 Å². The molecule has 0 fully saturated rings. The van der Waals surface area contributed by atoms with Crippen molar-refractivity contribution in [3.8, 4) is 11.1 Å². The smallest absolute Gasteiger partial charge is 0.0407 e. The summed E-state index contributed by atoms with van der Waals surface area (Å²) in [4.78, 5) is 4.31. The van der Waals surface area contributed by atoms with Gasteiger partial charge in [0, 0.05) is 17.9 Å². The molecule has 1 aromatic carbocycles. The summed E-state index contributed by atoms with van der Waals surface area (Å²) in [5.74, 6) is 0. The van der Waals surface area contributed by atoms with E-state index in [1.165, 1.54) is 22.3 Å². The van der Waals surface area contributed by atoms with E-state index in [-0.39, 0.29) is 6.04 Å². The molecule has 2 heteroatoms. The quantitative estimate of drug-likeness (QED) is 0.894. The number of benzene rings is 1. The first-order chi connectivity index (χ1) is 8.58. The molecule has 2 nitrogen and oxygen atoms in total. The number of nitrogens with zero attached hydrogens (tertiary/aromatic N) is 1. The summed E-state index contributed by atoms with van der Waals surface area (Å²) in [6, 6.07) is 10.9. The van der Waals surface area contributed by atoms with E-state index in [2.05, 4.69) is 42.2 Å². The van der Waals surface area contributed by atoms with Crippen LogP contribution in [0.3, 0.4) is 0 Å². The molecule has 94 valence electrons. The highest BCUT2D eigenvalue weighted by atomic mass is 14.7. The van der Waals surface area contributed by atoms with Crippen molar-refractivity contribution in [2.24, 2.45) is 5.73 Å². The summed E-state index contributed by atoms with van der Waals surface area (Å²) in [7, 11) is 0. The van der Waals surface area contributed by atoms with Crippen LogP contribution in [0.1, 0.15) is 23.7 Å². The van der Waals surface area contributed by atoms with E-state index in [0.29, 0.717) is 0 Å². The van der Waals surface area contributed by atoms with Crippen LogP contribution in [0.4, 0.5) is 0 Å². The van der Waals surface area contributed by atoms with E-state index in [0.717, 1.165) is 12.1 Å². The summed E-state index contributed by atoms with van der Waals surface area (Å²) in [6.45, 7) is 6.20. The molecule has 1 atom stereocenters. The minimum absolute atomic E-state index is 0.209. The minimum Gasteiger partial charge on any atom is -0.328 e. The molecule has 0 amide bonds. The van der Waals surface area contributed by atoms with E-state index in [9.17, 15) is 0 Å². The lowest BCUT2D eigenvalue weighted by atomic mass is 9.98. The molecule has 0 saturated carbocycles. The summed E-state index contributed by atoms with van der Waals surface area (Å²) in [5.41, 5.74) is 11.9. The molecule has 0 spiro atoms. The molecule has 0 unspecified atom stereocenters. The Balaban J connectivity index is 2.32. The predicted octanol–water partition coefficient (Wildman–Crippen LogP) is 3.26. The maximum absolute atomic E-state index is 5.81. The number of aromatic nitrogens is 1. The molecule has 0 aliphatic heterocycles. The Morgan fingerprint density at radius 3 is 2.39 bits per heavy atom. The summed E-state index contributed by atoms with van der Waals surface area (Å²) >= 11 is 0. The normalized spacial score (nSPS) is 12.4. The van der Waals surface area contributed by atoms with Crippen LogP contribution in [0.2, 0.25) is 0 Å². The van der Waals surface area contributed by atoms with Crippen LogP contribution in [0, 0.1) is 13.8 Å². The number of hydrogen-bond donors (Lipinski definition) is 1. The Morgan fingerprint density at radius 1 is 1.11 bits per heavy atom. The van der Waals surface area contributed by atoms with Crippen molar-refractivity contribution in [3.05, 3.63) is 53.3 Å². The third-order valence-corrected chi connectivity index (χ3v) is 3.28. The van der Waals surface area contributed by atoms with Crippen molar-refractivity contribution in [2.45, 2.75) is 33.2 Å². The van der Waals surface area contributed by atoms with Gasteiger partial charge in [0.2, 0.25) is 0 Å². The van der Waals surface area contributed by atoms with Crippen LogP contribution in [-0.4, -0.2) is 11.0 Å². The van der Waals surface area contributed by atoms with Gasteiger partial charge in [-0.2, -0.15) is 0 Å². The van der Waals surface area contributed by atoms with Crippen molar-refractivity contribution < 1.29 is 0 Å².